The van der Waals surface area contributed by atoms with Crippen LogP contribution in [0.15, 0.2) is 24.3 Å². The van der Waals surface area contributed by atoms with E-state index >= 15 is 0 Å². The fraction of sp³-hybridized carbons (Fsp3) is 0.533. The topological polar surface area (TPSA) is 50.4 Å². The van der Waals surface area contributed by atoms with E-state index in [0.717, 1.165) is 18.7 Å². The molecule has 106 valence electrons. The van der Waals surface area contributed by atoms with Crippen LogP contribution in [-0.4, -0.2) is 32.7 Å². The smallest absolute Gasteiger partial charge is 0.251 e. The Labute approximate surface area is 115 Å². The number of ether oxygens (including phenoxy) is 1. The molecular weight excluding hydrogens is 240 g/mol. The van der Waals surface area contributed by atoms with E-state index in [-0.39, 0.29) is 5.91 Å². The van der Waals surface area contributed by atoms with E-state index in [2.05, 4.69) is 24.5 Å². The molecule has 0 aliphatic carbocycles. The highest BCUT2D eigenvalue weighted by Crippen LogP contribution is 2.14. The van der Waals surface area contributed by atoms with Gasteiger partial charge in [-0.1, -0.05) is 19.9 Å². The molecule has 0 aliphatic rings. The summed E-state index contributed by atoms with van der Waals surface area (Å²) in [4.78, 5) is 11.9. The summed E-state index contributed by atoms with van der Waals surface area (Å²) >= 11 is 0. The molecule has 1 aromatic carbocycles. The molecule has 0 aliphatic heterocycles. The van der Waals surface area contributed by atoms with Crippen molar-refractivity contribution in [3.63, 3.8) is 0 Å². The lowest BCUT2D eigenvalue weighted by atomic mass is 10.2. The van der Waals surface area contributed by atoms with Gasteiger partial charge in [0.15, 0.2) is 0 Å². The summed E-state index contributed by atoms with van der Waals surface area (Å²) in [7, 11) is 1.90. The second-order valence-electron chi connectivity index (χ2n) is 4.95. The molecule has 0 saturated carbocycles. The lowest BCUT2D eigenvalue weighted by Gasteiger charge is -2.10. The molecule has 2 N–H and O–H groups in total. The van der Waals surface area contributed by atoms with Gasteiger partial charge in [-0.3, -0.25) is 4.79 Å². The number of hydrogen-bond donors (Lipinski definition) is 2. The van der Waals surface area contributed by atoms with Crippen molar-refractivity contribution in [1.82, 2.24) is 10.6 Å². The van der Waals surface area contributed by atoms with Crippen LogP contribution >= 0.6 is 0 Å². The van der Waals surface area contributed by atoms with Gasteiger partial charge in [-0.15, -0.1) is 0 Å². The fourth-order valence-electron chi connectivity index (χ4n) is 1.56. The van der Waals surface area contributed by atoms with E-state index in [0.29, 0.717) is 24.6 Å². The number of nitrogens with one attached hydrogen (secondary N) is 2. The van der Waals surface area contributed by atoms with E-state index in [1.54, 1.807) is 12.1 Å². The van der Waals surface area contributed by atoms with Gasteiger partial charge in [0.1, 0.15) is 5.75 Å². The third-order valence-corrected chi connectivity index (χ3v) is 2.57. The molecule has 0 aromatic heterocycles. The minimum Gasteiger partial charge on any atom is -0.493 e. The lowest BCUT2D eigenvalue weighted by molar-refractivity contribution is 0.0953. The Morgan fingerprint density at radius 1 is 1.32 bits per heavy atom. The Morgan fingerprint density at radius 2 is 2.11 bits per heavy atom. The van der Waals surface area contributed by atoms with Crippen LogP contribution in [0.4, 0.5) is 0 Å². The first-order valence-corrected chi connectivity index (χ1v) is 6.79. The first-order chi connectivity index (χ1) is 9.13. The lowest BCUT2D eigenvalue weighted by Crippen LogP contribution is -2.26. The number of hydrogen-bond acceptors (Lipinski definition) is 3. The quantitative estimate of drug-likeness (QED) is 0.707. The van der Waals surface area contributed by atoms with Crippen molar-refractivity contribution in [2.45, 2.75) is 20.3 Å². The van der Waals surface area contributed by atoms with E-state index in [1.165, 1.54) is 0 Å². The SMILES string of the molecule is CNCCCNC(=O)c1cccc(OCC(C)C)c1. The van der Waals surface area contributed by atoms with Crippen molar-refractivity contribution in [3.05, 3.63) is 29.8 Å². The summed E-state index contributed by atoms with van der Waals surface area (Å²) in [6.45, 7) is 6.43. The maximum absolute atomic E-state index is 11.9. The van der Waals surface area contributed by atoms with Gasteiger partial charge in [0.05, 0.1) is 6.61 Å². The van der Waals surface area contributed by atoms with E-state index < -0.39 is 0 Å². The molecule has 1 rings (SSSR count). The molecular formula is C15H24N2O2. The summed E-state index contributed by atoms with van der Waals surface area (Å²) in [5.41, 5.74) is 0.644. The molecule has 0 bridgehead atoms. The normalized spacial score (nSPS) is 10.5. The van der Waals surface area contributed by atoms with Crippen molar-refractivity contribution < 1.29 is 9.53 Å². The molecule has 0 unspecified atom stereocenters. The van der Waals surface area contributed by atoms with Gasteiger partial charge < -0.3 is 15.4 Å². The van der Waals surface area contributed by atoms with Gasteiger partial charge in [0.25, 0.3) is 5.91 Å². The van der Waals surface area contributed by atoms with Crippen LogP contribution in [0.2, 0.25) is 0 Å². The molecule has 0 heterocycles. The molecule has 0 radical (unpaired) electrons. The average Bonchev–Trinajstić information content (AvgIpc) is 2.41. The largest absolute Gasteiger partial charge is 0.493 e. The highest BCUT2D eigenvalue weighted by Gasteiger charge is 2.06. The summed E-state index contributed by atoms with van der Waals surface area (Å²) < 4.78 is 5.61. The van der Waals surface area contributed by atoms with Crippen LogP contribution in [0.25, 0.3) is 0 Å². The van der Waals surface area contributed by atoms with Gasteiger partial charge in [-0.2, -0.15) is 0 Å². The summed E-state index contributed by atoms with van der Waals surface area (Å²) in [6, 6.07) is 7.31. The van der Waals surface area contributed by atoms with E-state index in [9.17, 15) is 4.79 Å². The first-order valence-electron chi connectivity index (χ1n) is 6.79. The third kappa shape index (κ3) is 6.25. The standard InChI is InChI=1S/C15H24N2O2/c1-12(2)11-19-14-7-4-6-13(10-14)15(18)17-9-5-8-16-3/h4,6-7,10,12,16H,5,8-9,11H2,1-3H3,(H,17,18). The van der Waals surface area contributed by atoms with E-state index in [1.807, 2.05) is 19.2 Å². The Morgan fingerprint density at radius 3 is 2.79 bits per heavy atom. The summed E-state index contributed by atoms with van der Waals surface area (Å²) in [5.74, 6) is 1.17. The number of rotatable bonds is 8. The minimum atomic E-state index is -0.0499. The van der Waals surface area contributed by atoms with Crippen molar-refractivity contribution in [2.75, 3.05) is 26.7 Å². The van der Waals surface area contributed by atoms with Crippen molar-refractivity contribution in [2.24, 2.45) is 5.92 Å². The number of amides is 1. The number of carbonyl (C=O) groups is 1. The van der Waals surface area contributed by atoms with E-state index in [4.69, 9.17) is 4.74 Å². The maximum atomic E-state index is 11.9. The van der Waals surface area contributed by atoms with Crippen LogP contribution in [0.5, 0.6) is 5.75 Å². The Balaban J connectivity index is 2.48. The Hall–Kier alpha value is -1.55. The molecule has 4 nitrogen and oxygen atoms in total. The maximum Gasteiger partial charge on any atom is 0.251 e. The van der Waals surface area contributed by atoms with Crippen LogP contribution < -0.4 is 15.4 Å². The minimum absolute atomic E-state index is 0.0499. The molecule has 0 atom stereocenters. The molecule has 0 spiro atoms. The zero-order chi connectivity index (χ0) is 14.1. The summed E-state index contributed by atoms with van der Waals surface area (Å²) in [5, 5.41) is 5.94. The van der Waals surface area contributed by atoms with Gasteiger partial charge in [0.2, 0.25) is 0 Å². The van der Waals surface area contributed by atoms with Crippen LogP contribution in [0, 0.1) is 5.92 Å². The zero-order valence-electron chi connectivity index (χ0n) is 12.0. The second kappa shape index (κ2) is 8.53. The van der Waals surface area contributed by atoms with Gasteiger partial charge in [0, 0.05) is 12.1 Å². The number of carbonyl (C=O) groups excluding carboxylic acids is 1. The third-order valence-electron chi connectivity index (χ3n) is 2.57. The summed E-state index contributed by atoms with van der Waals surface area (Å²) in [6.07, 6.45) is 0.922. The highest BCUT2D eigenvalue weighted by atomic mass is 16.5. The van der Waals surface area contributed by atoms with Gasteiger partial charge in [-0.25, -0.2) is 0 Å². The van der Waals surface area contributed by atoms with Gasteiger partial charge >= 0.3 is 0 Å². The molecule has 1 amide bonds. The molecule has 1 aromatic rings. The van der Waals surface area contributed by atoms with Crippen molar-refractivity contribution >= 4 is 5.91 Å². The Bertz CT molecular complexity index is 391. The van der Waals surface area contributed by atoms with Crippen LogP contribution in [-0.2, 0) is 0 Å². The molecule has 0 fully saturated rings. The predicted octanol–water partition coefficient (Wildman–Crippen LogP) is 2.06. The molecule has 4 heteroatoms. The average molecular weight is 264 g/mol. The van der Waals surface area contributed by atoms with Gasteiger partial charge in [-0.05, 0) is 44.1 Å². The van der Waals surface area contributed by atoms with Crippen molar-refractivity contribution in [1.29, 1.82) is 0 Å². The van der Waals surface area contributed by atoms with Crippen LogP contribution in [0.3, 0.4) is 0 Å². The second-order valence-corrected chi connectivity index (χ2v) is 4.95. The molecule has 19 heavy (non-hydrogen) atoms. The predicted molar refractivity (Wildman–Crippen MR) is 77.7 cm³/mol. The first kappa shape index (κ1) is 15.5. The van der Waals surface area contributed by atoms with Crippen LogP contribution in [0.1, 0.15) is 30.6 Å². The highest BCUT2D eigenvalue weighted by molar-refractivity contribution is 5.94. The Kier molecular flexibility index (Phi) is 6.97. The van der Waals surface area contributed by atoms with Crippen molar-refractivity contribution in [3.8, 4) is 5.75 Å². The fourth-order valence-corrected chi connectivity index (χ4v) is 1.56. The zero-order valence-corrected chi connectivity index (χ0v) is 12.0. The molecule has 0 saturated heterocycles. The monoisotopic (exact) mass is 264 g/mol. The number of benzene rings is 1.